The molecule has 0 bridgehead atoms. The van der Waals surface area contributed by atoms with Gasteiger partial charge in [0.05, 0.1) is 0 Å². The first kappa shape index (κ1) is 8.98. The maximum absolute atomic E-state index is 10.8. The van der Waals surface area contributed by atoms with Crippen LogP contribution in [-0.2, 0) is 4.79 Å². The Morgan fingerprint density at radius 2 is 2.46 bits per heavy atom. The number of nitrogens with two attached hydrogens (primary N) is 1. The molecule has 0 spiro atoms. The lowest BCUT2D eigenvalue weighted by Crippen LogP contribution is -2.16. The monoisotopic (exact) mass is 180 g/mol. The fraction of sp³-hybridized carbons (Fsp3) is 0. The molecule has 1 heterocycles. The standard InChI is InChI=1S/C7H8N4O2/c1-2-5(12)10-4-3-9-7(13)11-6(4)8/h2-3H,1H2,(H,10,12)(H3,8,9,11,13). The molecule has 13 heavy (non-hydrogen) atoms. The number of nitrogen functional groups attached to an aromatic ring is 1. The number of aromatic nitrogens is 2. The number of nitrogens with one attached hydrogen (secondary N) is 2. The minimum Gasteiger partial charge on any atom is -0.382 e. The third-order valence-corrected chi connectivity index (χ3v) is 1.28. The molecule has 0 atom stereocenters. The molecule has 0 aliphatic heterocycles. The van der Waals surface area contributed by atoms with Crippen molar-refractivity contribution in [2.45, 2.75) is 0 Å². The van der Waals surface area contributed by atoms with Gasteiger partial charge in [-0.25, -0.2) is 4.79 Å². The number of nitrogens with zero attached hydrogens (tertiary/aromatic N) is 1. The van der Waals surface area contributed by atoms with Crippen LogP contribution in [0.15, 0.2) is 23.6 Å². The summed E-state index contributed by atoms with van der Waals surface area (Å²) in [5, 5.41) is 2.37. The average molecular weight is 180 g/mol. The fourth-order valence-corrected chi connectivity index (χ4v) is 0.694. The molecule has 0 saturated carbocycles. The number of carbonyl (C=O) groups is 1. The van der Waals surface area contributed by atoms with Crippen molar-refractivity contribution in [2.75, 3.05) is 11.1 Å². The zero-order valence-electron chi connectivity index (χ0n) is 6.70. The lowest BCUT2D eigenvalue weighted by Gasteiger charge is -2.02. The molecule has 6 nitrogen and oxygen atoms in total. The molecule has 1 aromatic rings. The van der Waals surface area contributed by atoms with Crippen LogP contribution >= 0.6 is 0 Å². The molecule has 0 aliphatic rings. The number of rotatable bonds is 2. The largest absolute Gasteiger partial charge is 0.382 e. The van der Waals surface area contributed by atoms with Crippen molar-refractivity contribution >= 4 is 17.4 Å². The van der Waals surface area contributed by atoms with Gasteiger partial charge in [0, 0.05) is 6.20 Å². The minimum atomic E-state index is -0.561. The molecule has 0 radical (unpaired) electrons. The minimum absolute atomic E-state index is 0.0287. The van der Waals surface area contributed by atoms with Crippen molar-refractivity contribution in [2.24, 2.45) is 0 Å². The van der Waals surface area contributed by atoms with Crippen LogP contribution in [0.1, 0.15) is 0 Å². The van der Waals surface area contributed by atoms with Crippen LogP contribution in [0.25, 0.3) is 0 Å². The normalized spacial score (nSPS) is 9.23. The van der Waals surface area contributed by atoms with Gasteiger partial charge in [0.15, 0.2) is 5.82 Å². The topological polar surface area (TPSA) is 101 Å². The van der Waals surface area contributed by atoms with Crippen LogP contribution in [0, 0.1) is 0 Å². The molecule has 68 valence electrons. The Kier molecular flexibility index (Phi) is 2.44. The smallest absolute Gasteiger partial charge is 0.346 e. The van der Waals surface area contributed by atoms with E-state index in [1.165, 1.54) is 6.20 Å². The lowest BCUT2D eigenvalue weighted by atomic mass is 10.4. The number of hydrogen-bond donors (Lipinski definition) is 3. The van der Waals surface area contributed by atoms with Crippen molar-refractivity contribution in [3.63, 3.8) is 0 Å². The highest BCUT2D eigenvalue weighted by atomic mass is 16.1. The molecule has 0 aliphatic carbocycles. The summed E-state index contributed by atoms with van der Waals surface area (Å²) in [7, 11) is 0. The first-order valence-electron chi connectivity index (χ1n) is 3.42. The zero-order valence-corrected chi connectivity index (χ0v) is 6.70. The van der Waals surface area contributed by atoms with Crippen molar-refractivity contribution in [1.82, 2.24) is 9.97 Å². The molecule has 6 heteroatoms. The molecule has 1 amide bonds. The van der Waals surface area contributed by atoms with Crippen LogP contribution in [0.3, 0.4) is 0 Å². The van der Waals surface area contributed by atoms with Gasteiger partial charge in [-0.3, -0.25) is 4.79 Å². The second kappa shape index (κ2) is 3.53. The average Bonchev–Trinajstić information content (AvgIpc) is 2.09. The Morgan fingerprint density at radius 3 is 3.00 bits per heavy atom. The predicted molar refractivity (Wildman–Crippen MR) is 48.1 cm³/mol. The summed E-state index contributed by atoms with van der Waals surface area (Å²) in [6, 6.07) is 0. The van der Waals surface area contributed by atoms with E-state index in [2.05, 4.69) is 21.9 Å². The van der Waals surface area contributed by atoms with Gasteiger partial charge in [0.25, 0.3) is 0 Å². The Bertz CT molecular complexity index is 396. The van der Waals surface area contributed by atoms with Gasteiger partial charge in [0.1, 0.15) is 5.69 Å². The summed E-state index contributed by atoms with van der Waals surface area (Å²) in [5.74, 6) is -0.445. The number of carbonyl (C=O) groups excluding carboxylic acids is 1. The fourth-order valence-electron chi connectivity index (χ4n) is 0.694. The number of hydrogen-bond acceptors (Lipinski definition) is 4. The Hall–Kier alpha value is -2.11. The van der Waals surface area contributed by atoms with E-state index in [1.807, 2.05) is 0 Å². The summed E-state index contributed by atoms with van der Waals surface area (Å²) >= 11 is 0. The van der Waals surface area contributed by atoms with E-state index in [1.54, 1.807) is 0 Å². The van der Waals surface area contributed by atoms with E-state index in [0.29, 0.717) is 0 Å². The maximum atomic E-state index is 10.8. The van der Waals surface area contributed by atoms with Crippen molar-refractivity contribution < 1.29 is 4.79 Å². The highest BCUT2D eigenvalue weighted by Gasteiger charge is 2.02. The molecule has 0 unspecified atom stereocenters. The molecule has 1 aromatic heterocycles. The Morgan fingerprint density at radius 1 is 1.77 bits per heavy atom. The third kappa shape index (κ3) is 2.16. The van der Waals surface area contributed by atoms with E-state index >= 15 is 0 Å². The number of aromatic amines is 1. The van der Waals surface area contributed by atoms with Gasteiger partial charge >= 0.3 is 5.69 Å². The lowest BCUT2D eigenvalue weighted by molar-refractivity contribution is -0.111. The van der Waals surface area contributed by atoms with Gasteiger partial charge in [0.2, 0.25) is 5.91 Å². The molecule has 0 aromatic carbocycles. The quantitative estimate of drug-likeness (QED) is 0.533. The van der Waals surface area contributed by atoms with Gasteiger partial charge in [-0.2, -0.15) is 4.98 Å². The van der Waals surface area contributed by atoms with E-state index < -0.39 is 11.6 Å². The third-order valence-electron chi connectivity index (χ3n) is 1.28. The van der Waals surface area contributed by atoms with Crippen molar-refractivity contribution in [1.29, 1.82) is 0 Å². The van der Waals surface area contributed by atoms with Crippen LogP contribution in [0.4, 0.5) is 11.5 Å². The molecular formula is C7H8N4O2. The molecule has 0 fully saturated rings. The van der Waals surface area contributed by atoms with E-state index in [4.69, 9.17) is 5.73 Å². The molecule has 1 rings (SSSR count). The van der Waals surface area contributed by atoms with Crippen LogP contribution in [0.2, 0.25) is 0 Å². The van der Waals surface area contributed by atoms with Gasteiger partial charge < -0.3 is 16.0 Å². The van der Waals surface area contributed by atoms with Gasteiger partial charge in [-0.1, -0.05) is 6.58 Å². The van der Waals surface area contributed by atoms with E-state index in [9.17, 15) is 9.59 Å². The SMILES string of the molecule is C=CC(=O)Nc1c[nH]c(=O)nc1N. The Balaban J connectivity index is 2.96. The maximum Gasteiger partial charge on any atom is 0.346 e. The van der Waals surface area contributed by atoms with E-state index in [-0.39, 0.29) is 11.5 Å². The van der Waals surface area contributed by atoms with Crippen LogP contribution in [0.5, 0.6) is 0 Å². The summed E-state index contributed by atoms with van der Waals surface area (Å²) in [5.41, 5.74) is 5.04. The van der Waals surface area contributed by atoms with Crippen molar-refractivity contribution in [3.8, 4) is 0 Å². The van der Waals surface area contributed by atoms with Crippen LogP contribution in [-0.4, -0.2) is 15.9 Å². The first-order chi connectivity index (χ1) is 6.13. The number of amides is 1. The number of H-pyrrole nitrogens is 1. The number of anilines is 2. The van der Waals surface area contributed by atoms with Crippen molar-refractivity contribution in [3.05, 3.63) is 29.3 Å². The van der Waals surface area contributed by atoms with Gasteiger partial charge in [-0.05, 0) is 6.08 Å². The highest BCUT2D eigenvalue weighted by Crippen LogP contribution is 2.09. The summed E-state index contributed by atoms with van der Waals surface area (Å²) in [6.45, 7) is 3.26. The highest BCUT2D eigenvalue weighted by molar-refractivity contribution is 6.00. The Labute approximate surface area is 73.5 Å². The molecule has 4 N–H and O–H groups in total. The second-order valence-corrected chi connectivity index (χ2v) is 2.20. The first-order valence-corrected chi connectivity index (χ1v) is 3.42. The summed E-state index contributed by atoms with van der Waals surface area (Å²) in [4.78, 5) is 27.1. The zero-order chi connectivity index (χ0) is 9.84. The summed E-state index contributed by atoms with van der Waals surface area (Å²) in [6.07, 6.45) is 2.36. The predicted octanol–water partition coefficient (Wildman–Crippen LogP) is -0.523. The molecule has 0 saturated heterocycles. The second-order valence-electron chi connectivity index (χ2n) is 2.20. The van der Waals surface area contributed by atoms with Crippen LogP contribution < -0.4 is 16.7 Å². The van der Waals surface area contributed by atoms with Gasteiger partial charge in [-0.15, -0.1) is 0 Å². The summed E-state index contributed by atoms with van der Waals surface area (Å²) < 4.78 is 0. The molecular weight excluding hydrogens is 172 g/mol. The van der Waals surface area contributed by atoms with E-state index in [0.717, 1.165) is 6.08 Å².